The van der Waals surface area contributed by atoms with Crippen LogP contribution in [0, 0.1) is 0 Å². The maximum absolute atomic E-state index is 13.0. The number of nitrogens with two attached hydrogens (primary N) is 2. The first kappa shape index (κ1) is 29.7. The van der Waals surface area contributed by atoms with Crippen LogP contribution in [-0.2, 0) is 4.74 Å². The first-order chi connectivity index (χ1) is 20.2. The van der Waals surface area contributed by atoms with Gasteiger partial charge in [-0.2, -0.15) is 0 Å². The number of ether oxygens (including phenoxy) is 1. The second kappa shape index (κ2) is 12.6. The minimum absolute atomic E-state index is 0.0532. The molecule has 0 spiro atoms. The molecule has 2 aliphatic rings. The number of nitrogen functional groups attached to an aromatic ring is 2. The van der Waals surface area contributed by atoms with Crippen molar-refractivity contribution in [1.29, 1.82) is 0 Å². The zero-order valence-electron chi connectivity index (χ0n) is 23.3. The second-order valence-electron chi connectivity index (χ2n) is 10.0. The molecule has 0 unspecified atom stereocenters. The average molecular weight is 620 g/mol. The van der Waals surface area contributed by atoms with Crippen molar-refractivity contribution in [3.8, 4) is 11.6 Å². The minimum Gasteiger partial charge on any atom is -0.459 e. The number of piperazine rings is 1. The number of likely N-dealkylation sites (tertiary alicyclic amines) is 1. The highest BCUT2D eigenvalue weighted by Gasteiger charge is 2.35. The average Bonchev–Trinajstić information content (AvgIpc) is 3.48. The Morgan fingerprint density at radius 2 is 1.79 bits per heavy atom. The van der Waals surface area contributed by atoms with Gasteiger partial charge in [-0.25, -0.2) is 19.7 Å². The van der Waals surface area contributed by atoms with E-state index in [9.17, 15) is 9.59 Å². The summed E-state index contributed by atoms with van der Waals surface area (Å²) in [5, 5.41) is 7.94. The van der Waals surface area contributed by atoms with Crippen LogP contribution in [0.1, 0.15) is 54.2 Å². The summed E-state index contributed by atoms with van der Waals surface area (Å²) in [6.07, 6.45) is 2.62. The lowest BCUT2D eigenvalue weighted by molar-refractivity contribution is 0.0478. The molecule has 0 aromatic carbocycles. The lowest BCUT2D eigenvalue weighted by Gasteiger charge is -2.47. The first-order valence-electron chi connectivity index (χ1n) is 13.8. The number of rotatable bonds is 7. The summed E-state index contributed by atoms with van der Waals surface area (Å²) < 4.78 is 10.3. The highest BCUT2D eigenvalue weighted by Crippen LogP contribution is 2.32. The van der Waals surface area contributed by atoms with E-state index in [0.717, 1.165) is 25.8 Å². The summed E-state index contributed by atoms with van der Waals surface area (Å²) in [5.41, 5.74) is 12.6. The number of esters is 1. The molecular weight excluding hydrogens is 587 g/mol. The molecule has 16 heteroatoms. The SMILES string of the molecule is CCOC(=O)c1nnc(-c2nc(Cl)c(N3CCN(C4CCN(C(=O)c5ccc(Cl)nc5N)CC4)[C@@H](CC)C3)nc2N)o1. The molecule has 5 heterocycles. The number of piperidine rings is 1. The summed E-state index contributed by atoms with van der Waals surface area (Å²) in [6.45, 7) is 7.39. The molecular formula is C26H32Cl2N10O4. The molecule has 5 rings (SSSR count). The summed E-state index contributed by atoms with van der Waals surface area (Å²) in [4.78, 5) is 44.2. The minimum atomic E-state index is -0.741. The van der Waals surface area contributed by atoms with E-state index in [1.807, 2.05) is 4.90 Å². The van der Waals surface area contributed by atoms with E-state index >= 15 is 0 Å². The summed E-state index contributed by atoms with van der Waals surface area (Å²) in [5.74, 6) is -0.586. The van der Waals surface area contributed by atoms with Crippen molar-refractivity contribution in [1.82, 2.24) is 34.9 Å². The van der Waals surface area contributed by atoms with E-state index < -0.39 is 5.97 Å². The molecule has 42 heavy (non-hydrogen) atoms. The largest absolute Gasteiger partial charge is 0.459 e. The number of hydrogen-bond donors (Lipinski definition) is 2. The third kappa shape index (κ3) is 6.05. The number of amides is 1. The molecule has 0 aliphatic carbocycles. The Kier molecular flexibility index (Phi) is 8.94. The Bertz CT molecular complexity index is 1460. The third-order valence-electron chi connectivity index (χ3n) is 7.58. The third-order valence-corrected chi connectivity index (χ3v) is 8.05. The lowest BCUT2D eigenvalue weighted by Crippen LogP contribution is -2.58. The fourth-order valence-electron chi connectivity index (χ4n) is 5.48. The van der Waals surface area contributed by atoms with Gasteiger partial charge in [0.05, 0.1) is 12.2 Å². The van der Waals surface area contributed by atoms with E-state index in [1.54, 1.807) is 19.1 Å². The monoisotopic (exact) mass is 618 g/mol. The number of halogens is 2. The van der Waals surface area contributed by atoms with E-state index in [4.69, 9.17) is 43.8 Å². The molecule has 1 atom stereocenters. The van der Waals surface area contributed by atoms with Gasteiger partial charge in [0.1, 0.15) is 11.0 Å². The normalized spacial score (nSPS) is 18.3. The van der Waals surface area contributed by atoms with Crippen LogP contribution in [0.4, 0.5) is 17.5 Å². The number of nitrogens with zero attached hydrogens (tertiary/aromatic N) is 8. The van der Waals surface area contributed by atoms with Crippen LogP contribution in [-0.4, -0.2) is 98.2 Å². The Labute approximate surface area is 252 Å². The number of anilines is 3. The van der Waals surface area contributed by atoms with Crippen molar-refractivity contribution in [2.24, 2.45) is 0 Å². The number of carbonyl (C=O) groups is 2. The predicted octanol–water partition coefficient (Wildman–Crippen LogP) is 2.77. The molecule has 1 amide bonds. The van der Waals surface area contributed by atoms with Gasteiger partial charge in [-0.1, -0.05) is 30.1 Å². The molecule has 3 aromatic heterocycles. The van der Waals surface area contributed by atoms with Crippen molar-refractivity contribution in [2.45, 2.75) is 45.2 Å². The van der Waals surface area contributed by atoms with Crippen LogP contribution in [0.2, 0.25) is 10.3 Å². The maximum atomic E-state index is 13.0. The number of carbonyl (C=O) groups excluding carboxylic acids is 2. The van der Waals surface area contributed by atoms with E-state index in [-0.39, 0.29) is 58.0 Å². The predicted molar refractivity (Wildman–Crippen MR) is 156 cm³/mol. The summed E-state index contributed by atoms with van der Waals surface area (Å²) in [7, 11) is 0. The molecule has 0 saturated carbocycles. The molecule has 224 valence electrons. The van der Waals surface area contributed by atoms with Crippen molar-refractivity contribution < 1.29 is 18.7 Å². The van der Waals surface area contributed by atoms with Gasteiger partial charge in [-0.3, -0.25) is 9.69 Å². The smallest absolute Gasteiger partial charge is 0.396 e. The van der Waals surface area contributed by atoms with Gasteiger partial charge in [-0.15, -0.1) is 10.2 Å². The Hall–Kier alpha value is -3.75. The molecule has 3 aromatic rings. The fraction of sp³-hybridized carbons (Fsp3) is 0.500. The number of aromatic nitrogens is 5. The highest BCUT2D eigenvalue weighted by atomic mass is 35.5. The molecule has 2 aliphatic heterocycles. The van der Waals surface area contributed by atoms with Crippen LogP contribution in [0.5, 0.6) is 0 Å². The lowest BCUT2D eigenvalue weighted by atomic mass is 9.97. The van der Waals surface area contributed by atoms with E-state index in [1.165, 1.54) is 0 Å². The van der Waals surface area contributed by atoms with Gasteiger partial charge >= 0.3 is 11.9 Å². The highest BCUT2D eigenvalue weighted by molar-refractivity contribution is 6.32. The van der Waals surface area contributed by atoms with Gasteiger partial charge in [0.2, 0.25) is 0 Å². The fourth-order valence-corrected chi connectivity index (χ4v) is 5.88. The number of hydrogen-bond acceptors (Lipinski definition) is 13. The van der Waals surface area contributed by atoms with Crippen molar-refractivity contribution in [2.75, 3.05) is 55.7 Å². The van der Waals surface area contributed by atoms with E-state index in [2.05, 4.69) is 41.9 Å². The maximum Gasteiger partial charge on any atom is 0.396 e. The van der Waals surface area contributed by atoms with Crippen molar-refractivity contribution in [3.05, 3.63) is 33.9 Å². The van der Waals surface area contributed by atoms with E-state index in [0.29, 0.717) is 43.6 Å². The Morgan fingerprint density at radius 3 is 2.48 bits per heavy atom. The Morgan fingerprint density at radius 1 is 1.02 bits per heavy atom. The Balaban J connectivity index is 1.23. The van der Waals surface area contributed by atoms with Crippen molar-refractivity contribution >= 4 is 52.5 Å². The van der Waals surface area contributed by atoms with Crippen LogP contribution in [0.3, 0.4) is 0 Å². The van der Waals surface area contributed by atoms with Gasteiger partial charge in [0, 0.05) is 44.8 Å². The topological polar surface area (TPSA) is 183 Å². The van der Waals surface area contributed by atoms with Crippen LogP contribution >= 0.6 is 23.2 Å². The molecule has 0 radical (unpaired) electrons. The van der Waals surface area contributed by atoms with Crippen LogP contribution in [0.15, 0.2) is 16.5 Å². The molecule has 2 saturated heterocycles. The van der Waals surface area contributed by atoms with Crippen LogP contribution in [0.25, 0.3) is 11.6 Å². The van der Waals surface area contributed by atoms with Crippen molar-refractivity contribution in [3.63, 3.8) is 0 Å². The van der Waals surface area contributed by atoms with Gasteiger partial charge < -0.3 is 30.4 Å². The zero-order valence-corrected chi connectivity index (χ0v) is 24.8. The summed E-state index contributed by atoms with van der Waals surface area (Å²) >= 11 is 12.5. The number of pyridine rings is 1. The molecule has 4 N–H and O–H groups in total. The molecule has 0 bridgehead atoms. The summed E-state index contributed by atoms with van der Waals surface area (Å²) in [6, 6.07) is 3.78. The van der Waals surface area contributed by atoms with Crippen LogP contribution < -0.4 is 16.4 Å². The zero-order chi connectivity index (χ0) is 30.0. The van der Waals surface area contributed by atoms with Gasteiger partial charge in [-0.05, 0) is 38.3 Å². The first-order valence-corrected chi connectivity index (χ1v) is 14.5. The second-order valence-corrected chi connectivity index (χ2v) is 10.8. The standard InChI is InChI=1S/C26H32Cl2N10O4/c1-3-14-13-37(22-19(28)32-18(21(30)33-22)23-34-35-24(42-23)26(40)41-4-2)11-12-38(14)15-7-9-36(10-8-15)25(39)16-5-6-17(27)31-20(16)29/h5-6,14-15H,3-4,7-13H2,1-2H3,(H2,29,31)(H2,30,33)/t14-/m0/s1. The molecule has 2 fully saturated rings. The van der Waals surface area contributed by atoms with Gasteiger partial charge in [0.25, 0.3) is 11.8 Å². The molecule has 14 nitrogen and oxygen atoms in total. The van der Waals surface area contributed by atoms with Gasteiger partial charge in [0.15, 0.2) is 22.5 Å². The quantitative estimate of drug-likeness (QED) is 0.291.